The maximum Gasteiger partial charge on any atom is 0.279 e. The molecule has 1 aliphatic carbocycles. The van der Waals surface area contributed by atoms with E-state index in [1.165, 1.54) is 0 Å². The van der Waals surface area contributed by atoms with E-state index in [9.17, 15) is 13.5 Å². The van der Waals surface area contributed by atoms with Crippen molar-refractivity contribution < 1.29 is 18.3 Å². The zero-order chi connectivity index (χ0) is 14.6. The Morgan fingerprint density at radius 1 is 1.25 bits per heavy atom. The van der Waals surface area contributed by atoms with Gasteiger partial charge in [0.2, 0.25) is 0 Å². The summed E-state index contributed by atoms with van der Waals surface area (Å²) in [6.45, 7) is 1.20. The van der Waals surface area contributed by atoms with Gasteiger partial charge in [0.15, 0.2) is 0 Å². The lowest BCUT2D eigenvalue weighted by molar-refractivity contribution is 0.0717. The van der Waals surface area contributed by atoms with E-state index < -0.39 is 10.2 Å². The van der Waals surface area contributed by atoms with E-state index in [-0.39, 0.29) is 24.6 Å². The number of methoxy groups -OCH3 is 1. The van der Waals surface area contributed by atoms with Crippen molar-refractivity contribution in [1.29, 1.82) is 0 Å². The monoisotopic (exact) mass is 306 g/mol. The van der Waals surface area contributed by atoms with Gasteiger partial charge in [0.1, 0.15) is 0 Å². The minimum atomic E-state index is -3.47. The Balaban J connectivity index is 2.06. The third-order valence-electron chi connectivity index (χ3n) is 4.42. The summed E-state index contributed by atoms with van der Waals surface area (Å²) in [6.07, 6.45) is 5.15. The van der Waals surface area contributed by atoms with Gasteiger partial charge in [-0.25, -0.2) is 0 Å². The SMILES string of the molecule is COCCNS(=O)(=O)N1CCCCC1C1CCCC1O. The molecule has 0 aromatic carbocycles. The molecule has 2 N–H and O–H groups in total. The third-order valence-corrected chi connectivity index (χ3v) is 6.06. The van der Waals surface area contributed by atoms with Crippen LogP contribution in [0.4, 0.5) is 0 Å². The third kappa shape index (κ3) is 3.71. The van der Waals surface area contributed by atoms with Crippen LogP contribution < -0.4 is 4.72 Å². The summed E-state index contributed by atoms with van der Waals surface area (Å²) in [5.41, 5.74) is 0. The van der Waals surface area contributed by atoms with Crippen LogP contribution in [0.5, 0.6) is 0 Å². The van der Waals surface area contributed by atoms with Gasteiger partial charge in [-0.3, -0.25) is 0 Å². The molecule has 0 aromatic heterocycles. The Morgan fingerprint density at radius 3 is 2.70 bits per heavy atom. The fraction of sp³-hybridized carbons (Fsp3) is 1.00. The van der Waals surface area contributed by atoms with Crippen LogP contribution >= 0.6 is 0 Å². The van der Waals surface area contributed by atoms with Crippen molar-refractivity contribution in [3.63, 3.8) is 0 Å². The predicted octanol–water partition coefficient (Wildman–Crippen LogP) is 0.483. The highest BCUT2D eigenvalue weighted by Gasteiger charge is 2.41. The minimum absolute atomic E-state index is 0.0544. The summed E-state index contributed by atoms with van der Waals surface area (Å²) in [4.78, 5) is 0. The number of piperidine rings is 1. The Kier molecular flexibility index (Phi) is 5.80. The van der Waals surface area contributed by atoms with Gasteiger partial charge in [-0.1, -0.05) is 12.8 Å². The zero-order valence-corrected chi connectivity index (χ0v) is 12.9. The van der Waals surface area contributed by atoms with Crippen LogP contribution in [0.1, 0.15) is 38.5 Å². The standard InChI is InChI=1S/C13H26N2O4S/c1-19-10-8-14-20(17,18)15-9-3-2-6-12(15)11-5-4-7-13(11)16/h11-14,16H,2-10H2,1H3. The molecule has 1 saturated carbocycles. The van der Waals surface area contributed by atoms with E-state index in [1.54, 1.807) is 11.4 Å². The molecule has 7 heteroatoms. The Morgan fingerprint density at radius 2 is 2.05 bits per heavy atom. The van der Waals surface area contributed by atoms with Crippen LogP contribution in [0, 0.1) is 5.92 Å². The van der Waals surface area contributed by atoms with Gasteiger partial charge in [-0.15, -0.1) is 0 Å². The Hall–Kier alpha value is -0.210. The number of nitrogens with zero attached hydrogens (tertiary/aromatic N) is 1. The molecule has 2 aliphatic rings. The average molecular weight is 306 g/mol. The fourth-order valence-electron chi connectivity index (χ4n) is 3.43. The van der Waals surface area contributed by atoms with Crippen molar-refractivity contribution in [2.75, 3.05) is 26.8 Å². The molecule has 1 heterocycles. The first kappa shape index (κ1) is 16.2. The minimum Gasteiger partial charge on any atom is -0.393 e. The summed E-state index contributed by atoms with van der Waals surface area (Å²) >= 11 is 0. The smallest absolute Gasteiger partial charge is 0.279 e. The first-order valence-corrected chi connectivity index (χ1v) is 8.93. The van der Waals surface area contributed by atoms with Crippen LogP contribution in [0.2, 0.25) is 0 Å². The quantitative estimate of drug-likeness (QED) is 0.700. The summed E-state index contributed by atoms with van der Waals surface area (Å²) in [6, 6.07) is -0.0544. The molecule has 3 atom stereocenters. The molecule has 6 nitrogen and oxygen atoms in total. The highest BCUT2D eigenvalue weighted by Crippen LogP contribution is 2.36. The predicted molar refractivity (Wildman–Crippen MR) is 76.5 cm³/mol. The molecule has 1 saturated heterocycles. The van der Waals surface area contributed by atoms with Crippen molar-refractivity contribution in [1.82, 2.24) is 9.03 Å². The molecule has 0 aromatic rings. The molecule has 0 spiro atoms. The highest BCUT2D eigenvalue weighted by molar-refractivity contribution is 7.87. The van der Waals surface area contributed by atoms with E-state index in [4.69, 9.17) is 4.74 Å². The van der Waals surface area contributed by atoms with E-state index in [2.05, 4.69) is 4.72 Å². The first-order chi connectivity index (χ1) is 9.56. The van der Waals surface area contributed by atoms with Crippen LogP contribution in [0.15, 0.2) is 0 Å². The highest BCUT2D eigenvalue weighted by atomic mass is 32.2. The number of aliphatic hydroxyl groups is 1. The van der Waals surface area contributed by atoms with Gasteiger partial charge < -0.3 is 9.84 Å². The van der Waals surface area contributed by atoms with Gasteiger partial charge in [-0.2, -0.15) is 17.4 Å². The lowest BCUT2D eigenvalue weighted by atomic mass is 9.89. The van der Waals surface area contributed by atoms with Crippen molar-refractivity contribution in [2.45, 2.75) is 50.7 Å². The number of rotatable bonds is 6. The van der Waals surface area contributed by atoms with Gasteiger partial charge in [-0.05, 0) is 25.7 Å². The van der Waals surface area contributed by atoms with E-state index in [0.29, 0.717) is 13.2 Å². The fourth-order valence-corrected chi connectivity index (χ4v) is 4.93. The van der Waals surface area contributed by atoms with Gasteiger partial charge in [0, 0.05) is 32.2 Å². The van der Waals surface area contributed by atoms with Crippen LogP contribution in [0.25, 0.3) is 0 Å². The van der Waals surface area contributed by atoms with Gasteiger partial charge in [0.25, 0.3) is 10.2 Å². The molecule has 0 radical (unpaired) electrons. The number of hydrogen-bond donors (Lipinski definition) is 2. The summed E-state index contributed by atoms with van der Waals surface area (Å²) < 4.78 is 33.9. The lowest BCUT2D eigenvalue weighted by Crippen LogP contribution is -2.53. The Labute approximate surface area is 121 Å². The molecule has 1 aliphatic heterocycles. The molecule has 0 bridgehead atoms. The average Bonchev–Trinajstić information content (AvgIpc) is 2.85. The second-order valence-electron chi connectivity index (χ2n) is 5.73. The normalized spacial score (nSPS) is 32.6. The Bertz CT molecular complexity index is 401. The molecule has 2 fully saturated rings. The molecule has 3 unspecified atom stereocenters. The molecular weight excluding hydrogens is 280 g/mol. The lowest BCUT2D eigenvalue weighted by Gasteiger charge is -2.39. The summed E-state index contributed by atoms with van der Waals surface area (Å²) in [5, 5.41) is 10.1. The number of hydrogen-bond acceptors (Lipinski definition) is 4. The van der Waals surface area contributed by atoms with Crippen molar-refractivity contribution in [3.8, 4) is 0 Å². The maximum absolute atomic E-state index is 12.4. The second kappa shape index (κ2) is 7.17. The van der Waals surface area contributed by atoms with E-state index in [0.717, 1.165) is 38.5 Å². The van der Waals surface area contributed by atoms with Gasteiger partial charge in [0.05, 0.1) is 12.7 Å². The second-order valence-corrected chi connectivity index (χ2v) is 7.44. The van der Waals surface area contributed by atoms with Crippen LogP contribution in [-0.2, 0) is 14.9 Å². The zero-order valence-electron chi connectivity index (χ0n) is 12.1. The largest absolute Gasteiger partial charge is 0.393 e. The van der Waals surface area contributed by atoms with Gasteiger partial charge >= 0.3 is 0 Å². The van der Waals surface area contributed by atoms with Crippen molar-refractivity contribution >= 4 is 10.2 Å². The van der Waals surface area contributed by atoms with Crippen LogP contribution in [-0.4, -0.2) is 56.8 Å². The van der Waals surface area contributed by atoms with Crippen LogP contribution in [0.3, 0.4) is 0 Å². The van der Waals surface area contributed by atoms with E-state index >= 15 is 0 Å². The number of aliphatic hydroxyl groups excluding tert-OH is 1. The number of nitrogens with one attached hydrogen (secondary N) is 1. The van der Waals surface area contributed by atoms with Crippen molar-refractivity contribution in [2.24, 2.45) is 5.92 Å². The first-order valence-electron chi connectivity index (χ1n) is 7.49. The van der Waals surface area contributed by atoms with Crippen molar-refractivity contribution in [3.05, 3.63) is 0 Å². The van der Waals surface area contributed by atoms with E-state index in [1.807, 2.05) is 0 Å². The molecule has 2 rings (SSSR count). The maximum atomic E-state index is 12.4. The number of ether oxygens (including phenoxy) is 1. The molecule has 20 heavy (non-hydrogen) atoms. The topological polar surface area (TPSA) is 78.9 Å². The summed E-state index contributed by atoms with van der Waals surface area (Å²) in [7, 11) is -1.92. The molecule has 0 amide bonds. The summed E-state index contributed by atoms with van der Waals surface area (Å²) in [5.74, 6) is 0.0919. The molecule has 118 valence electrons. The molecular formula is C13H26N2O4S.